The van der Waals surface area contributed by atoms with Crippen molar-refractivity contribution in [3.63, 3.8) is 0 Å². The van der Waals surface area contributed by atoms with Crippen LogP contribution < -0.4 is 0 Å². The third-order valence-electron chi connectivity index (χ3n) is 1.85. The molecule has 1 aromatic rings. The molecule has 0 aliphatic heterocycles. The molecule has 0 amide bonds. The zero-order chi connectivity index (χ0) is 10.2. The number of thiophene rings is 1. The second kappa shape index (κ2) is 3.49. The minimum atomic E-state index is -3.00. The SMILES string of the molecule is Cc1csc(C)c1[S+](=O)(O)N(C)C. The molecule has 0 aromatic carbocycles. The summed E-state index contributed by atoms with van der Waals surface area (Å²) < 4.78 is 23.0. The van der Waals surface area contributed by atoms with Crippen molar-refractivity contribution in [2.75, 3.05) is 14.1 Å². The van der Waals surface area contributed by atoms with Gasteiger partial charge in [0, 0.05) is 19.7 Å². The van der Waals surface area contributed by atoms with E-state index < -0.39 is 10.4 Å². The lowest BCUT2D eigenvalue weighted by Gasteiger charge is -2.10. The Balaban J connectivity index is 3.29. The molecule has 1 rings (SSSR count). The Labute approximate surface area is 83.8 Å². The number of hydrogen-bond donors (Lipinski definition) is 1. The molecule has 0 radical (unpaired) electrons. The summed E-state index contributed by atoms with van der Waals surface area (Å²) in [5.74, 6) is 0. The van der Waals surface area contributed by atoms with E-state index in [1.54, 1.807) is 14.1 Å². The van der Waals surface area contributed by atoms with Crippen molar-refractivity contribution in [2.45, 2.75) is 18.7 Å². The van der Waals surface area contributed by atoms with Crippen LogP contribution in [0.25, 0.3) is 0 Å². The van der Waals surface area contributed by atoms with Crippen LogP contribution in [0.2, 0.25) is 0 Å². The van der Waals surface area contributed by atoms with Crippen LogP contribution in [0.1, 0.15) is 10.4 Å². The van der Waals surface area contributed by atoms with Crippen molar-refractivity contribution in [1.29, 1.82) is 0 Å². The Kier molecular flexibility index (Phi) is 2.91. The molecule has 1 heterocycles. The van der Waals surface area contributed by atoms with Gasteiger partial charge in [-0.3, -0.25) is 0 Å². The molecule has 3 nitrogen and oxygen atoms in total. The molecule has 0 spiro atoms. The molecule has 5 heteroatoms. The molecule has 1 unspecified atom stereocenters. The molecule has 0 bridgehead atoms. The molecule has 13 heavy (non-hydrogen) atoms. The van der Waals surface area contributed by atoms with Gasteiger partial charge in [-0.1, -0.05) is 4.31 Å². The maximum absolute atomic E-state index is 11.9. The van der Waals surface area contributed by atoms with Crippen molar-refractivity contribution in [3.05, 3.63) is 15.8 Å². The van der Waals surface area contributed by atoms with Crippen LogP contribution in [0.4, 0.5) is 0 Å². The summed E-state index contributed by atoms with van der Waals surface area (Å²) in [6, 6.07) is 0. The third kappa shape index (κ3) is 1.83. The second-order valence-corrected chi connectivity index (χ2v) is 6.33. The zero-order valence-electron chi connectivity index (χ0n) is 8.20. The predicted octanol–water partition coefficient (Wildman–Crippen LogP) is 2.17. The van der Waals surface area contributed by atoms with Gasteiger partial charge in [0.25, 0.3) is 0 Å². The first-order chi connectivity index (χ1) is 5.87. The van der Waals surface area contributed by atoms with Crippen LogP contribution >= 0.6 is 11.3 Å². The van der Waals surface area contributed by atoms with Gasteiger partial charge in [0.2, 0.25) is 4.90 Å². The Morgan fingerprint density at radius 2 is 2.00 bits per heavy atom. The largest absolute Gasteiger partial charge is 0.326 e. The standard InChI is InChI=1S/C8H13NO2S2/c1-6-5-12-7(2)8(6)13(10,11)9(3)4/h5H,1-4H3/p+1. The van der Waals surface area contributed by atoms with Crippen molar-refractivity contribution >= 4 is 21.7 Å². The van der Waals surface area contributed by atoms with Crippen molar-refractivity contribution < 1.29 is 8.76 Å². The molecule has 0 aliphatic carbocycles. The lowest BCUT2D eigenvalue weighted by Crippen LogP contribution is -2.29. The highest BCUT2D eigenvalue weighted by Gasteiger charge is 2.37. The van der Waals surface area contributed by atoms with Gasteiger partial charge in [0.1, 0.15) is 0 Å². The fourth-order valence-electron chi connectivity index (χ4n) is 1.14. The first kappa shape index (κ1) is 10.8. The highest BCUT2D eigenvalue weighted by atomic mass is 32.3. The first-order valence-electron chi connectivity index (χ1n) is 3.86. The topological polar surface area (TPSA) is 40.5 Å². The minimum Gasteiger partial charge on any atom is -0.163 e. The average molecular weight is 220 g/mol. The van der Waals surface area contributed by atoms with E-state index in [2.05, 4.69) is 0 Å². The van der Waals surface area contributed by atoms with E-state index in [1.807, 2.05) is 19.2 Å². The fraction of sp³-hybridized carbons (Fsp3) is 0.500. The minimum absolute atomic E-state index is 0.572. The number of hydrogen-bond acceptors (Lipinski definition) is 2. The fourth-order valence-corrected chi connectivity index (χ4v) is 3.64. The van der Waals surface area contributed by atoms with Gasteiger partial charge >= 0.3 is 10.4 Å². The molecular weight excluding hydrogens is 206 g/mol. The van der Waals surface area contributed by atoms with Gasteiger partial charge in [-0.25, -0.2) is 0 Å². The van der Waals surface area contributed by atoms with Crippen LogP contribution in [0.3, 0.4) is 0 Å². The summed E-state index contributed by atoms with van der Waals surface area (Å²) in [6.07, 6.45) is 0. The summed E-state index contributed by atoms with van der Waals surface area (Å²) in [4.78, 5) is 1.49. The normalized spacial score (nSPS) is 16.2. The van der Waals surface area contributed by atoms with Crippen molar-refractivity contribution in [3.8, 4) is 0 Å². The summed E-state index contributed by atoms with van der Waals surface area (Å²) in [5, 5.41) is 1.91. The van der Waals surface area contributed by atoms with E-state index in [0.717, 1.165) is 10.4 Å². The lowest BCUT2D eigenvalue weighted by molar-refractivity contribution is 0.433. The average Bonchev–Trinajstić information content (AvgIpc) is 2.30. The summed E-state index contributed by atoms with van der Waals surface area (Å²) in [5.41, 5.74) is 0.892. The van der Waals surface area contributed by atoms with Crippen LogP contribution in [0.5, 0.6) is 0 Å². The predicted molar refractivity (Wildman–Crippen MR) is 56.4 cm³/mol. The summed E-state index contributed by atoms with van der Waals surface area (Å²) >= 11 is 1.51. The highest BCUT2D eigenvalue weighted by Crippen LogP contribution is 2.30. The first-order valence-corrected chi connectivity index (χ1v) is 6.21. The van der Waals surface area contributed by atoms with Gasteiger partial charge in [-0.05, 0) is 23.4 Å². The molecule has 1 aromatic heterocycles. The maximum atomic E-state index is 11.9. The van der Waals surface area contributed by atoms with Gasteiger partial charge < -0.3 is 0 Å². The summed E-state index contributed by atoms with van der Waals surface area (Å²) in [7, 11) is 0.219. The molecule has 1 atom stereocenters. The van der Waals surface area contributed by atoms with Gasteiger partial charge in [-0.2, -0.15) is 4.55 Å². The molecule has 0 aliphatic rings. The van der Waals surface area contributed by atoms with Gasteiger partial charge in [0.15, 0.2) is 0 Å². The van der Waals surface area contributed by atoms with Gasteiger partial charge in [-0.15, -0.1) is 11.3 Å². The molecule has 0 saturated carbocycles. The van der Waals surface area contributed by atoms with Crippen LogP contribution in [0.15, 0.2) is 10.3 Å². The zero-order valence-corrected chi connectivity index (χ0v) is 9.83. The van der Waals surface area contributed by atoms with Crippen molar-refractivity contribution in [2.24, 2.45) is 0 Å². The molecule has 1 N–H and O–H groups in total. The van der Waals surface area contributed by atoms with E-state index in [-0.39, 0.29) is 0 Å². The van der Waals surface area contributed by atoms with E-state index >= 15 is 0 Å². The van der Waals surface area contributed by atoms with Gasteiger partial charge in [0.05, 0.1) is 4.88 Å². The van der Waals surface area contributed by atoms with E-state index in [9.17, 15) is 8.76 Å². The Hall–Kier alpha value is -0.230. The number of nitrogens with zero attached hydrogens (tertiary/aromatic N) is 1. The lowest BCUT2D eigenvalue weighted by atomic mass is 10.3. The second-order valence-electron chi connectivity index (χ2n) is 3.11. The Morgan fingerprint density at radius 3 is 2.31 bits per heavy atom. The molecule has 74 valence electrons. The third-order valence-corrected chi connectivity index (χ3v) is 5.16. The van der Waals surface area contributed by atoms with Crippen LogP contribution in [0, 0.1) is 13.8 Å². The Bertz CT molecular complexity index is 338. The van der Waals surface area contributed by atoms with Crippen molar-refractivity contribution in [1.82, 2.24) is 4.31 Å². The quantitative estimate of drug-likeness (QED) is 0.776. The Morgan fingerprint density at radius 1 is 1.46 bits per heavy atom. The number of aryl methyl sites for hydroxylation is 2. The number of rotatable bonds is 2. The maximum Gasteiger partial charge on any atom is 0.326 e. The molecule has 0 saturated heterocycles. The van der Waals surface area contributed by atoms with E-state index in [0.29, 0.717) is 4.90 Å². The van der Waals surface area contributed by atoms with Crippen LogP contribution in [-0.2, 0) is 14.6 Å². The van der Waals surface area contributed by atoms with E-state index in [1.165, 1.54) is 15.6 Å². The summed E-state index contributed by atoms with van der Waals surface area (Å²) in [6.45, 7) is 3.73. The smallest absolute Gasteiger partial charge is 0.163 e. The highest BCUT2D eigenvalue weighted by molar-refractivity contribution is 7.95. The molecular formula is C8H14NO2S2+. The monoisotopic (exact) mass is 220 g/mol. The molecule has 0 fully saturated rings. The van der Waals surface area contributed by atoms with Crippen LogP contribution in [-0.4, -0.2) is 23.0 Å². The van der Waals surface area contributed by atoms with E-state index in [4.69, 9.17) is 0 Å².